The molecule has 11 heteroatoms. The summed E-state index contributed by atoms with van der Waals surface area (Å²) in [6.07, 6.45) is 2.38. The molecule has 1 aliphatic rings. The van der Waals surface area contributed by atoms with Gasteiger partial charge < -0.3 is 14.4 Å². The summed E-state index contributed by atoms with van der Waals surface area (Å²) in [5.41, 5.74) is 2.05. The smallest absolute Gasteiger partial charge is 0.475 e. The molecule has 0 radical (unpaired) electrons. The fraction of sp³-hybridized carbons (Fsp3) is 0.316. The van der Waals surface area contributed by atoms with Gasteiger partial charge in [0.25, 0.3) is 0 Å². The SMILES string of the molecule is Fc1ccc(CN2CCN(c3nccn4ccnc34)CC2)cc1.O=C(O)C(F)(F)F. The Kier molecular flexibility index (Phi) is 6.50. The van der Waals surface area contributed by atoms with Gasteiger partial charge in [-0.25, -0.2) is 19.2 Å². The summed E-state index contributed by atoms with van der Waals surface area (Å²) in [6, 6.07) is 6.76. The van der Waals surface area contributed by atoms with E-state index in [4.69, 9.17) is 9.90 Å². The molecule has 0 spiro atoms. The zero-order valence-corrected chi connectivity index (χ0v) is 15.8. The average Bonchev–Trinajstić information content (AvgIpc) is 3.19. The number of piperazine rings is 1. The average molecular weight is 425 g/mol. The van der Waals surface area contributed by atoms with Gasteiger partial charge in [-0.05, 0) is 17.7 Å². The number of carboxylic acid groups (broad SMARTS) is 1. The van der Waals surface area contributed by atoms with Crippen molar-refractivity contribution >= 4 is 17.4 Å². The van der Waals surface area contributed by atoms with Gasteiger partial charge in [0.1, 0.15) is 5.82 Å². The molecule has 7 nitrogen and oxygen atoms in total. The monoisotopic (exact) mass is 425 g/mol. The summed E-state index contributed by atoms with van der Waals surface area (Å²) >= 11 is 0. The molecule has 0 aliphatic carbocycles. The lowest BCUT2D eigenvalue weighted by atomic mass is 10.2. The molecule has 1 saturated heterocycles. The number of carboxylic acids is 1. The van der Waals surface area contributed by atoms with E-state index in [1.807, 2.05) is 35.1 Å². The molecule has 0 bridgehead atoms. The lowest BCUT2D eigenvalue weighted by Crippen LogP contribution is -2.46. The predicted molar refractivity (Wildman–Crippen MR) is 101 cm³/mol. The van der Waals surface area contributed by atoms with Crippen molar-refractivity contribution in [3.05, 3.63) is 60.4 Å². The Morgan fingerprint density at radius 3 is 2.13 bits per heavy atom. The normalized spacial score (nSPS) is 15.0. The number of imidazole rings is 1. The van der Waals surface area contributed by atoms with E-state index in [-0.39, 0.29) is 5.82 Å². The Hall–Kier alpha value is -3.21. The minimum absolute atomic E-state index is 0.183. The first-order chi connectivity index (χ1) is 14.2. The summed E-state index contributed by atoms with van der Waals surface area (Å²) in [4.78, 5) is 22.5. The van der Waals surface area contributed by atoms with Crippen LogP contribution in [0.3, 0.4) is 0 Å². The van der Waals surface area contributed by atoms with E-state index in [0.717, 1.165) is 49.8 Å². The number of carbonyl (C=O) groups is 1. The van der Waals surface area contributed by atoms with Crippen LogP contribution in [0.25, 0.3) is 5.65 Å². The van der Waals surface area contributed by atoms with E-state index in [1.54, 1.807) is 6.20 Å². The number of aliphatic carboxylic acids is 1. The van der Waals surface area contributed by atoms with Crippen LogP contribution in [-0.2, 0) is 11.3 Å². The number of rotatable bonds is 3. The van der Waals surface area contributed by atoms with Crippen molar-refractivity contribution in [3.63, 3.8) is 0 Å². The molecule has 30 heavy (non-hydrogen) atoms. The first-order valence-corrected chi connectivity index (χ1v) is 9.03. The van der Waals surface area contributed by atoms with Crippen LogP contribution in [0.2, 0.25) is 0 Å². The van der Waals surface area contributed by atoms with Crippen molar-refractivity contribution in [2.24, 2.45) is 0 Å². The molecule has 3 aromatic rings. The lowest BCUT2D eigenvalue weighted by Gasteiger charge is -2.35. The molecule has 160 valence electrons. The van der Waals surface area contributed by atoms with E-state index in [2.05, 4.69) is 19.8 Å². The third kappa shape index (κ3) is 5.44. The highest BCUT2D eigenvalue weighted by Crippen LogP contribution is 2.19. The molecule has 0 unspecified atom stereocenters. The van der Waals surface area contributed by atoms with E-state index in [1.165, 1.54) is 12.1 Å². The number of hydrogen-bond acceptors (Lipinski definition) is 5. The van der Waals surface area contributed by atoms with E-state index in [0.29, 0.717) is 0 Å². The molecule has 1 N–H and O–H groups in total. The van der Waals surface area contributed by atoms with Crippen LogP contribution in [-0.4, -0.2) is 62.7 Å². The number of nitrogens with zero attached hydrogens (tertiary/aromatic N) is 5. The van der Waals surface area contributed by atoms with Gasteiger partial charge >= 0.3 is 12.1 Å². The molecule has 0 amide bonds. The zero-order chi connectivity index (χ0) is 21.7. The van der Waals surface area contributed by atoms with Crippen molar-refractivity contribution in [1.29, 1.82) is 0 Å². The van der Waals surface area contributed by atoms with E-state index >= 15 is 0 Å². The van der Waals surface area contributed by atoms with Crippen LogP contribution < -0.4 is 4.90 Å². The molecule has 1 fully saturated rings. The quantitative estimate of drug-likeness (QED) is 0.651. The molecular weight excluding hydrogens is 406 g/mol. The number of fused-ring (bicyclic) bond motifs is 1. The highest BCUT2D eigenvalue weighted by molar-refractivity contribution is 5.73. The molecule has 0 atom stereocenters. The van der Waals surface area contributed by atoms with E-state index < -0.39 is 12.1 Å². The number of alkyl halides is 3. The largest absolute Gasteiger partial charge is 0.490 e. The maximum absolute atomic E-state index is 13.0. The molecule has 1 aromatic carbocycles. The van der Waals surface area contributed by atoms with Gasteiger partial charge in [-0.2, -0.15) is 13.2 Å². The number of benzene rings is 1. The first kappa shape index (κ1) is 21.5. The first-order valence-electron chi connectivity index (χ1n) is 9.03. The van der Waals surface area contributed by atoms with Gasteiger partial charge in [-0.3, -0.25) is 4.90 Å². The number of aromatic nitrogens is 3. The van der Waals surface area contributed by atoms with Crippen molar-refractivity contribution in [1.82, 2.24) is 19.3 Å². The van der Waals surface area contributed by atoms with Crippen molar-refractivity contribution in [2.75, 3.05) is 31.1 Å². The number of halogens is 4. The van der Waals surface area contributed by atoms with Crippen LogP contribution in [0.1, 0.15) is 5.56 Å². The van der Waals surface area contributed by atoms with Crippen LogP contribution >= 0.6 is 0 Å². The second-order valence-corrected chi connectivity index (χ2v) is 6.60. The fourth-order valence-corrected chi connectivity index (χ4v) is 3.03. The highest BCUT2D eigenvalue weighted by Gasteiger charge is 2.38. The molecule has 0 saturated carbocycles. The third-order valence-electron chi connectivity index (χ3n) is 4.53. The molecule has 4 rings (SSSR count). The second kappa shape index (κ2) is 9.08. The Morgan fingerprint density at radius 1 is 1.00 bits per heavy atom. The van der Waals surface area contributed by atoms with Crippen molar-refractivity contribution in [3.8, 4) is 0 Å². The van der Waals surface area contributed by atoms with Crippen LogP contribution in [0, 0.1) is 5.82 Å². The van der Waals surface area contributed by atoms with Crippen LogP contribution in [0.5, 0.6) is 0 Å². The minimum atomic E-state index is -5.08. The Labute approximate surface area is 169 Å². The Morgan fingerprint density at radius 2 is 1.57 bits per heavy atom. The fourth-order valence-electron chi connectivity index (χ4n) is 3.03. The lowest BCUT2D eigenvalue weighted by molar-refractivity contribution is -0.192. The summed E-state index contributed by atoms with van der Waals surface area (Å²) in [5.74, 6) is -2.00. The van der Waals surface area contributed by atoms with Crippen LogP contribution in [0.15, 0.2) is 49.1 Å². The van der Waals surface area contributed by atoms with E-state index in [9.17, 15) is 17.6 Å². The van der Waals surface area contributed by atoms with Gasteiger partial charge in [0, 0.05) is 57.5 Å². The van der Waals surface area contributed by atoms with Crippen LogP contribution in [0.4, 0.5) is 23.4 Å². The predicted octanol–water partition coefficient (Wildman–Crippen LogP) is 2.82. The Bertz CT molecular complexity index is 983. The summed E-state index contributed by atoms with van der Waals surface area (Å²) in [5, 5.41) is 7.12. The molecular formula is C19H19F4N5O2. The third-order valence-corrected chi connectivity index (χ3v) is 4.53. The maximum atomic E-state index is 13.0. The van der Waals surface area contributed by atoms with Gasteiger partial charge in [0.2, 0.25) is 0 Å². The number of anilines is 1. The minimum Gasteiger partial charge on any atom is -0.475 e. The molecule has 3 heterocycles. The maximum Gasteiger partial charge on any atom is 0.490 e. The van der Waals surface area contributed by atoms with Gasteiger partial charge in [0.15, 0.2) is 11.5 Å². The Balaban J connectivity index is 0.000000318. The van der Waals surface area contributed by atoms with Gasteiger partial charge in [0.05, 0.1) is 0 Å². The molecule has 2 aromatic heterocycles. The van der Waals surface area contributed by atoms with Gasteiger partial charge in [-0.1, -0.05) is 12.1 Å². The summed E-state index contributed by atoms with van der Waals surface area (Å²) in [7, 11) is 0. The summed E-state index contributed by atoms with van der Waals surface area (Å²) in [6.45, 7) is 4.61. The number of hydrogen-bond donors (Lipinski definition) is 1. The molecule has 1 aliphatic heterocycles. The topological polar surface area (TPSA) is 74.0 Å². The zero-order valence-electron chi connectivity index (χ0n) is 15.8. The van der Waals surface area contributed by atoms with Gasteiger partial charge in [-0.15, -0.1) is 0 Å². The highest BCUT2D eigenvalue weighted by atomic mass is 19.4. The standard InChI is InChI=1S/C17H18FN5.C2HF3O2/c18-15-3-1-14(2-4-15)13-21-9-11-23(12-10-21)17-16-19-5-7-22(16)8-6-20-17;3-2(4,5)1(6)7/h1-8H,9-13H2;(H,6,7). The van der Waals surface area contributed by atoms with Crippen molar-refractivity contribution < 1.29 is 27.5 Å². The second-order valence-electron chi connectivity index (χ2n) is 6.60. The van der Waals surface area contributed by atoms with Crippen molar-refractivity contribution in [2.45, 2.75) is 12.7 Å². The summed E-state index contributed by atoms with van der Waals surface area (Å²) < 4.78 is 46.7.